The number of benzene rings is 2. The molecule has 0 spiro atoms. The molecule has 4 nitrogen and oxygen atoms in total. The molecule has 0 aliphatic heterocycles. The normalized spacial score (nSPS) is 12.2. The van der Waals surface area contributed by atoms with Gasteiger partial charge in [-0.05, 0) is 30.3 Å². The summed E-state index contributed by atoms with van der Waals surface area (Å²) in [6.45, 7) is 0. The maximum atomic E-state index is 9.87. The zero-order valence-electron chi connectivity index (χ0n) is 12.6. The molecule has 0 unspecified atom stereocenters. The smallest absolute Gasteiger partial charge is 0.205 e. The summed E-state index contributed by atoms with van der Waals surface area (Å²) in [6.07, 6.45) is 1.59. The van der Waals surface area contributed by atoms with Crippen LogP contribution in [0.3, 0.4) is 0 Å². The molecule has 0 saturated heterocycles. The third kappa shape index (κ3) is 3.38. The first-order valence-corrected chi connectivity index (χ1v) is 8.65. The van der Waals surface area contributed by atoms with Crippen LogP contribution in [0.25, 0.3) is 11.3 Å². The van der Waals surface area contributed by atoms with E-state index >= 15 is 0 Å². The fraction of sp³-hybridized carbons (Fsp3) is 0.0588. The number of hydrogen-bond acceptors (Lipinski definition) is 4. The number of para-hydroxylation sites is 1. The predicted molar refractivity (Wildman–Crippen MR) is 100 cm³/mol. The van der Waals surface area contributed by atoms with E-state index in [2.05, 4.69) is 10.1 Å². The lowest BCUT2D eigenvalue weighted by atomic mass is 10.2. The SMILES string of the molecule is CN=c1scc(-c2ccc(Cl)cc2Cl)n1N=Cc1ccccc1O. The number of halogens is 2. The Kier molecular flexibility index (Phi) is 5.04. The zero-order chi connectivity index (χ0) is 17.1. The van der Waals surface area contributed by atoms with Gasteiger partial charge >= 0.3 is 0 Å². The van der Waals surface area contributed by atoms with Crippen molar-refractivity contribution in [2.24, 2.45) is 10.1 Å². The van der Waals surface area contributed by atoms with Gasteiger partial charge in [0, 0.05) is 28.6 Å². The first-order valence-electron chi connectivity index (χ1n) is 7.01. The summed E-state index contributed by atoms with van der Waals surface area (Å²) in [7, 11) is 1.70. The molecule has 0 atom stereocenters. The molecule has 1 heterocycles. The highest BCUT2D eigenvalue weighted by Gasteiger charge is 2.11. The molecule has 0 bridgehead atoms. The van der Waals surface area contributed by atoms with Gasteiger partial charge in [-0.1, -0.05) is 35.3 Å². The van der Waals surface area contributed by atoms with Gasteiger partial charge in [0.2, 0.25) is 4.80 Å². The zero-order valence-corrected chi connectivity index (χ0v) is 15.0. The van der Waals surface area contributed by atoms with E-state index in [4.69, 9.17) is 23.2 Å². The van der Waals surface area contributed by atoms with Crippen molar-refractivity contribution in [3.63, 3.8) is 0 Å². The van der Waals surface area contributed by atoms with Crippen LogP contribution in [0.5, 0.6) is 5.75 Å². The van der Waals surface area contributed by atoms with Gasteiger partial charge in [-0.25, -0.2) is 4.68 Å². The molecule has 0 radical (unpaired) electrons. The van der Waals surface area contributed by atoms with Crippen LogP contribution in [-0.4, -0.2) is 23.0 Å². The topological polar surface area (TPSA) is 49.9 Å². The van der Waals surface area contributed by atoms with E-state index in [0.29, 0.717) is 20.4 Å². The van der Waals surface area contributed by atoms with Crippen molar-refractivity contribution in [1.29, 1.82) is 0 Å². The van der Waals surface area contributed by atoms with Crippen LogP contribution >= 0.6 is 34.5 Å². The number of aromatic hydroxyl groups is 1. The summed E-state index contributed by atoms with van der Waals surface area (Å²) >= 11 is 13.7. The van der Waals surface area contributed by atoms with Crippen LogP contribution in [0.15, 0.2) is 57.9 Å². The van der Waals surface area contributed by atoms with Crippen LogP contribution in [0.4, 0.5) is 0 Å². The molecule has 24 heavy (non-hydrogen) atoms. The molecule has 1 aromatic heterocycles. The summed E-state index contributed by atoms with van der Waals surface area (Å²) in [5, 5.41) is 17.4. The van der Waals surface area contributed by atoms with Gasteiger partial charge in [-0.15, -0.1) is 11.3 Å². The third-order valence-electron chi connectivity index (χ3n) is 3.33. The highest BCUT2D eigenvalue weighted by molar-refractivity contribution is 7.07. The molecular weight excluding hydrogens is 365 g/mol. The Labute approximate surface area is 153 Å². The van der Waals surface area contributed by atoms with Crippen LogP contribution in [0, 0.1) is 0 Å². The Hall–Kier alpha value is -2.08. The average Bonchev–Trinajstić information content (AvgIpc) is 2.97. The number of rotatable bonds is 3. The third-order valence-corrected chi connectivity index (χ3v) is 4.79. The van der Waals surface area contributed by atoms with E-state index in [9.17, 15) is 5.11 Å². The van der Waals surface area contributed by atoms with Crippen molar-refractivity contribution >= 4 is 40.8 Å². The van der Waals surface area contributed by atoms with Crippen molar-refractivity contribution in [2.75, 3.05) is 7.05 Å². The number of aromatic nitrogens is 1. The molecule has 1 N–H and O–H groups in total. The summed E-state index contributed by atoms with van der Waals surface area (Å²) in [5.41, 5.74) is 2.22. The summed E-state index contributed by atoms with van der Waals surface area (Å²) < 4.78 is 1.69. The summed E-state index contributed by atoms with van der Waals surface area (Å²) in [5.74, 6) is 0.165. The second kappa shape index (κ2) is 7.21. The van der Waals surface area contributed by atoms with Crippen molar-refractivity contribution < 1.29 is 5.11 Å². The Balaban J connectivity index is 2.11. The highest BCUT2D eigenvalue weighted by Crippen LogP contribution is 2.30. The minimum atomic E-state index is 0.165. The summed E-state index contributed by atoms with van der Waals surface area (Å²) in [6, 6.07) is 12.3. The Bertz CT molecular complexity index is 976. The Morgan fingerprint density at radius 1 is 1.17 bits per heavy atom. The number of nitrogens with zero attached hydrogens (tertiary/aromatic N) is 3. The van der Waals surface area contributed by atoms with Crippen LogP contribution in [-0.2, 0) is 0 Å². The van der Waals surface area contributed by atoms with Crippen molar-refractivity contribution in [3.8, 4) is 17.0 Å². The second-order valence-electron chi connectivity index (χ2n) is 4.87. The molecule has 0 aliphatic carbocycles. The molecule has 0 aliphatic rings. The summed E-state index contributed by atoms with van der Waals surface area (Å²) in [4.78, 5) is 4.95. The monoisotopic (exact) mass is 377 g/mol. The van der Waals surface area contributed by atoms with E-state index in [1.54, 1.807) is 48.3 Å². The van der Waals surface area contributed by atoms with E-state index in [0.717, 1.165) is 11.3 Å². The predicted octanol–water partition coefficient (Wildman–Crippen LogP) is 4.64. The van der Waals surface area contributed by atoms with Crippen molar-refractivity contribution in [1.82, 2.24) is 4.68 Å². The molecule has 0 saturated carbocycles. The van der Waals surface area contributed by atoms with Gasteiger partial charge < -0.3 is 5.11 Å². The largest absolute Gasteiger partial charge is 0.507 e. The van der Waals surface area contributed by atoms with Gasteiger partial charge in [0.1, 0.15) is 5.75 Å². The molecule has 0 fully saturated rings. The van der Waals surface area contributed by atoms with Gasteiger partial charge in [0.15, 0.2) is 0 Å². The van der Waals surface area contributed by atoms with Crippen LogP contribution in [0.1, 0.15) is 5.56 Å². The van der Waals surface area contributed by atoms with E-state index in [1.165, 1.54) is 11.3 Å². The Morgan fingerprint density at radius 2 is 1.96 bits per heavy atom. The number of thiazole rings is 1. The lowest BCUT2D eigenvalue weighted by Crippen LogP contribution is -2.11. The molecule has 0 amide bonds. The quantitative estimate of drug-likeness (QED) is 0.663. The average molecular weight is 378 g/mol. The van der Waals surface area contributed by atoms with E-state index in [1.807, 2.05) is 17.5 Å². The van der Waals surface area contributed by atoms with Crippen molar-refractivity contribution in [3.05, 3.63) is 68.3 Å². The van der Waals surface area contributed by atoms with E-state index in [-0.39, 0.29) is 5.75 Å². The molecule has 2 aromatic carbocycles. The fourth-order valence-corrected chi connectivity index (χ4v) is 3.46. The number of hydrogen-bond donors (Lipinski definition) is 1. The van der Waals surface area contributed by atoms with Crippen LogP contribution < -0.4 is 4.80 Å². The maximum Gasteiger partial charge on any atom is 0.205 e. The van der Waals surface area contributed by atoms with Gasteiger partial charge in [-0.2, -0.15) is 5.10 Å². The number of phenols is 1. The fourth-order valence-electron chi connectivity index (χ4n) is 2.16. The molecule has 3 aromatic rings. The Morgan fingerprint density at radius 3 is 2.67 bits per heavy atom. The molecular formula is C17H13Cl2N3OS. The second-order valence-corrected chi connectivity index (χ2v) is 6.55. The minimum absolute atomic E-state index is 0.165. The lowest BCUT2D eigenvalue weighted by molar-refractivity contribution is 0.474. The standard InChI is InChI=1S/C17H13Cl2N3OS/c1-20-17-22(21-9-11-4-2-3-5-16(11)23)15(10-24-17)13-7-6-12(18)8-14(13)19/h2-10,23H,1H3. The molecule has 122 valence electrons. The first kappa shape index (κ1) is 16.8. The minimum Gasteiger partial charge on any atom is -0.507 e. The lowest BCUT2D eigenvalue weighted by Gasteiger charge is -2.06. The first-order chi connectivity index (χ1) is 11.6. The number of phenolic OH excluding ortho intramolecular Hbond substituents is 1. The highest BCUT2D eigenvalue weighted by atomic mass is 35.5. The van der Waals surface area contributed by atoms with Gasteiger partial charge in [-0.3, -0.25) is 4.99 Å². The maximum absolute atomic E-state index is 9.87. The van der Waals surface area contributed by atoms with Crippen molar-refractivity contribution in [2.45, 2.75) is 0 Å². The van der Waals surface area contributed by atoms with Gasteiger partial charge in [0.05, 0.1) is 16.9 Å². The van der Waals surface area contributed by atoms with Crippen LogP contribution in [0.2, 0.25) is 10.0 Å². The van der Waals surface area contributed by atoms with Gasteiger partial charge in [0.25, 0.3) is 0 Å². The van der Waals surface area contributed by atoms with E-state index < -0.39 is 0 Å². The molecule has 3 rings (SSSR count). The molecule has 7 heteroatoms.